The van der Waals surface area contributed by atoms with Crippen molar-refractivity contribution in [3.05, 3.63) is 17.0 Å². The second-order valence-electron chi connectivity index (χ2n) is 3.93. The number of esters is 1. The van der Waals surface area contributed by atoms with Crippen molar-refractivity contribution in [2.75, 3.05) is 13.7 Å². The molecule has 0 saturated heterocycles. The van der Waals surface area contributed by atoms with E-state index in [1.165, 1.54) is 7.11 Å². The minimum Gasteiger partial charge on any atom is -0.467 e. The molecule has 0 fully saturated rings. The summed E-state index contributed by atoms with van der Waals surface area (Å²) in [6.45, 7) is 3.46. The molecule has 0 bridgehead atoms. The van der Waals surface area contributed by atoms with Gasteiger partial charge in [0.1, 0.15) is 0 Å². The lowest BCUT2D eigenvalue weighted by Gasteiger charge is -2.09. The van der Waals surface area contributed by atoms with Crippen molar-refractivity contribution in [1.82, 2.24) is 15.5 Å². The average Bonchev–Trinajstić information content (AvgIpc) is 2.66. The Balaban J connectivity index is 2.46. The smallest absolute Gasteiger partial charge is 0.336 e. The molecule has 7 nitrogen and oxygen atoms in total. The molecule has 0 aliphatic carbocycles. The van der Waals surface area contributed by atoms with Gasteiger partial charge in [-0.3, -0.25) is 9.89 Å². The van der Waals surface area contributed by atoms with Crippen LogP contribution in [-0.4, -0.2) is 46.9 Å². The summed E-state index contributed by atoms with van der Waals surface area (Å²) in [5.41, 5.74) is 2.41. The van der Waals surface area contributed by atoms with Crippen molar-refractivity contribution < 1.29 is 19.4 Å². The number of nitrogens with one attached hydrogen (secondary N) is 2. The number of methoxy groups -OCH3 is 1. The van der Waals surface area contributed by atoms with Gasteiger partial charge in [-0.1, -0.05) is 0 Å². The number of amides is 1. The van der Waals surface area contributed by atoms with Gasteiger partial charge in [0.25, 0.3) is 0 Å². The van der Waals surface area contributed by atoms with Crippen molar-refractivity contribution in [2.45, 2.75) is 26.4 Å². The Morgan fingerprint density at radius 3 is 2.67 bits per heavy atom. The Bertz CT molecular complexity index is 422. The molecule has 1 heterocycles. The number of carbonyl (C=O) groups excluding carboxylic acids is 2. The van der Waals surface area contributed by atoms with E-state index in [0.717, 1.165) is 17.0 Å². The molecule has 0 saturated carbocycles. The predicted octanol–water partition coefficient (Wildman–Crippen LogP) is -0.781. The van der Waals surface area contributed by atoms with Gasteiger partial charge < -0.3 is 15.2 Å². The van der Waals surface area contributed by atoms with Crippen LogP contribution in [0.1, 0.15) is 17.0 Å². The molecule has 0 aliphatic heterocycles. The summed E-state index contributed by atoms with van der Waals surface area (Å²) in [5, 5.41) is 18.5. The summed E-state index contributed by atoms with van der Waals surface area (Å²) in [4.78, 5) is 22.5. The highest BCUT2D eigenvalue weighted by molar-refractivity contribution is 5.80. The number of aliphatic hydroxyl groups excluding tert-OH is 1. The fraction of sp³-hybridized carbons (Fsp3) is 0.545. The van der Waals surface area contributed by atoms with Crippen LogP contribution in [0.2, 0.25) is 0 Å². The number of aromatic nitrogens is 2. The predicted molar refractivity (Wildman–Crippen MR) is 62.8 cm³/mol. The van der Waals surface area contributed by atoms with E-state index in [4.69, 9.17) is 0 Å². The van der Waals surface area contributed by atoms with Crippen molar-refractivity contribution in [3.63, 3.8) is 0 Å². The van der Waals surface area contributed by atoms with Crippen molar-refractivity contribution >= 4 is 11.9 Å². The van der Waals surface area contributed by atoms with Crippen LogP contribution in [0.25, 0.3) is 0 Å². The SMILES string of the molecule is COC(=O)C(O)CNC(=O)Cc1c(C)n[nH]c1C. The van der Waals surface area contributed by atoms with Crippen LogP contribution in [-0.2, 0) is 20.7 Å². The first-order valence-electron chi connectivity index (χ1n) is 5.48. The molecule has 18 heavy (non-hydrogen) atoms. The summed E-state index contributed by atoms with van der Waals surface area (Å²) in [6.07, 6.45) is -1.19. The topological polar surface area (TPSA) is 104 Å². The highest BCUT2D eigenvalue weighted by Crippen LogP contribution is 2.09. The first kappa shape index (κ1) is 14.2. The number of ether oxygens (including phenoxy) is 1. The van der Waals surface area contributed by atoms with E-state index in [1.807, 2.05) is 6.92 Å². The Morgan fingerprint density at radius 2 is 2.17 bits per heavy atom. The molecular weight excluding hydrogens is 238 g/mol. The van der Waals surface area contributed by atoms with Gasteiger partial charge in [0.15, 0.2) is 6.10 Å². The molecule has 1 rings (SSSR count). The number of aliphatic hydroxyl groups is 1. The maximum Gasteiger partial charge on any atom is 0.336 e. The van der Waals surface area contributed by atoms with Gasteiger partial charge in [0.05, 0.1) is 25.8 Å². The number of hydrogen-bond donors (Lipinski definition) is 3. The third-order valence-corrected chi connectivity index (χ3v) is 2.58. The van der Waals surface area contributed by atoms with Gasteiger partial charge in [-0.15, -0.1) is 0 Å². The van der Waals surface area contributed by atoms with Crippen molar-refractivity contribution in [1.29, 1.82) is 0 Å². The Kier molecular flexibility index (Phi) is 4.85. The van der Waals surface area contributed by atoms with E-state index in [0.29, 0.717) is 0 Å². The first-order chi connectivity index (χ1) is 8.45. The molecule has 1 atom stereocenters. The van der Waals surface area contributed by atoms with Crippen LogP contribution in [0, 0.1) is 13.8 Å². The van der Waals surface area contributed by atoms with Gasteiger partial charge in [-0.2, -0.15) is 5.10 Å². The van der Waals surface area contributed by atoms with Gasteiger partial charge >= 0.3 is 5.97 Å². The Labute approximate surface area is 105 Å². The number of aryl methyl sites for hydroxylation is 2. The summed E-state index contributed by atoms with van der Waals surface area (Å²) in [5.74, 6) is -1.06. The fourth-order valence-electron chi connectivity index (χ4n) is 1.49. The van der Waals surface area contributed by atoms with E-state index in [1.54, 1.807) is 6.92 Å². The zero-order valence-corrected chi connectivity index (χ0v) is 10.6. The molecule has 0 radical (unpaired) electrons. The van der Waals surface area contributed by atoms with Crippen LogP contribution >= 0.6 is 0 Å². The van der Waals surface area contributed by atoms with Gasteiger partial charge in [-0.05, 0) is 13.8 Å². The Hall–Kier alpha value is -1.89. The quantitative estimate of drug-likeness (QED) is 0.599. The van der Waals surface area contributed by atoms with E-state index >= 15 is 0 Å². The standard InChI is InChI=1S/C11H17N3O4/c1-6-8(7(2)14-13-6)4-10(16)12-5-9(15)11(17)18-3/h9,15H,4-5H2,1-3H3,(H,12,16)(H,13,14). The summed E-state index contributed by atoms with van der Waals surface area (Å²) in [7, 11) is 1.17. The monoisotopic (exact) mass is 255 g/mol. The van der Waals surface area contributed by atoms with E-state index in [2.05, 4.69) is 20.3 Å². The van der Waals surface area contributed by atoms with E-state index < -0.39 is 12.1 Å². The number of aromatic amines is 1. The number of H-pyrrole nitrogens is 1. The zero-order valence-electron chi connectivity index (χ0n) is 10.6. The summed E-state index contributed by atoms with van der Waals surface area (Å²) in [6, 6.07) is 0. The van der Waals surface area contributed by atoms with Gasteiger partial charge in [0, 0.05) is 11.3 Å². The molecule has 100 valence electrons. The molecule has 0 aromatic carbocycles. The average molecular weight is 255 g/mol. The van der Waals surface area contributed by atoms with E-state index in [9.17, 15) is 14.7 Å². The van der Waals surface area contributed by atoms with Crippen LogP contribution in [0.5, 0.6) is 0 Å². The molecule has 0 spiro atoms. The molecule has 0 aliphatic rings. The molecular formula is C11H17N3O4. The number of hydrogen-bond acceptors (Lipinski definition) is 5. The van der Waals surface area contributed by atoms with E-state index in [-0.39, 0.29) is 18.9 Å². The van der Waals surface area contributed by atoms with Crippen molar-refractivity contribution in [3.8, 4) is 0 Å². The molecule has 1 amide bonds. The summed E-state index contributed by atoms with van der Waals surface area (Å²) >= 11 is 0. The summed E-state index contributed by atoms with van der Waals surface area (Å²) < 4.78 is 4.33. The molecule has 3 N–H and O–H groups in total. The normalized spacial score (nSPS) is 12.0. The highest BCUT2D eigenvalue weighted by atomic mass is 16.5. The lowest BCUT2D eigenvalue weighted by molar-refractivity contribution is -0.150. The number of rotatable bonds is 5. The minimum absolute atomic E-state index is 0.155. The second kappa shape index (κ2) is 6.15. The van der Waals surface area contributed by atoms with Crippen LogP contribution < -0.4 is 5.32 Å². The lowest BCUT2D eigenvalue weighted by Crippen LogP contribution is -2.37. The largest absolute Gasteiger partial charge is 0.467 e. The Morgan fingerprint density at radius 1 is 1.50 bits per heavy atom. The third-order valence-electron chi connectivity index (χ3n) is 2.58. The second-order valence-corrected chi connectivity index (χ2v) is 3.93. The molecule has 1 aromatic rings. The first-order valence-corrected chi connectivity index (χ1v) is 5.48. The third kappa shape index (κ3) is 3.56. The van der Waals surface area contributed by atoms with Crippen molar-refractivity contribution in [2.24, 2.45) is 0 Å². The number of carbonyl (C=O) groups is 2. The lowest BCUT2D eigenvalue weighted by atomic mass is 10.1. The highest BCUT2D eigenvalue weighted by Gasteiger charge is 2.17. The van der Waals surface area contributed by atoms with Gasteiger partial charge in [0.2, 0.25) is 5.91 Å². The molecule has 1 aromatic heterocycles. The zero-order chi connectivity index (χ0) is 13.7. The molecule has 1 unspecified atom stereocenters. The maximum absolute atomic E-state index is 11.6. The number of nitrogens with zero attached hydrogens (tertiary/aromatic N) is 1. The fourth-order valence-corrected chi connectivity index (χ4v) is 1.49. The van der Waals surface area contributed by atoms with Gasteiger partial charge in [-0.25, -0.2) is 4.79 Å². The van der Waals surface area contributed by atoms with Crippen LogP contribution in [0.3, 0.4) is 0 Å². The minimum atomic E-state index is -1.34. The molecule has 7 heteroatoms. The van der Waals surface area contributed by atoms with Crippen LogP contribution in [0.15, 0.2) is 0 Å². The maximum atomic E-state index is 11.6. The van der Waals surface area contributed by atoms with Crippen LogP contribution in [0.4, 0.5) is 0 Å².